The van der Waals surface area contributed by atoms with Gasteiger partial charge in [-0.15, -0.1) is 0 Å². The van der Waals surface area contributed by atoms with Gasteiger partial charge in [-0.05, 0) is 30.2 Å². The molecular formula is C17H18N4O2. The summed E-state index contributed by atoms with van der Waals surface area (Å²) in [5.74, 6) is 0.699. The minimum Gasteiger partial charge on any atom is -0.318 e. The van der Waals surface area contributed by atoms with Gasteiger partial charge < -0.3 is 9.88 Å². The highest BCUT2D eigenvalue weighted by molar-refractivity contribution is 5.61. The van der Waals surface area contributed by atoms with Crippen molar-refractivity contribution in [3.8, 4) is 0 Å². The number of anilines is 1. The molecule has 1 atom stereocenters. The second kappa shape index (κ2) is 6.10. The second-order valence-corrected chi connectivity index (χ2v) is 5.44. The molecule has 0 spiro atoms. The van der Waals surface area contributed by atoms with Crippen LogP contribution in [0, 0.1) is 0 Å². The Bertz CT molecular complexity index is 811. The largest absolute Gasteiger partial charge is 0.318 e. The van der Waals surface area contributed by atoms with Gasteiger partial charge in [0, 0.05) is 19.3 Å². The van der Waals surface area contributed by atoms with Crippen LogP contribution in [0.1, 0.15) is 18.5 Å². The lowest BCUT2D eigenvalue weighted by atomic mass is 10.0. The highest BCUT2D eigenvalue weighted by Gasteiger charge is 2.30. The van der Waals surface area contributed by atoms with Crippen LogP contribution in [0.5, 0.6) is 0 Å². The topological polar surface area (TPSA) is 66.4 Å². The molecule has 0 saturated carbocycles. The first-order valence-corrected chi connectivity index (χ1v) is 7.30. The molecule has 2 aromatic rings. The van der Waals surface area contributed by atoms with Gasteiger partial charge in [0.2, 0.25) is 12.0 Å². The van der Waals surface area contributed by atoms with Crippen LogP contribution in [-0.2, 0) is 11.8 Å². The molecule has 1 aliphatic heterocycles. The molecule has 0 saturated heterocycles. The van der Waals surface area contributed by atoms with E-state index in [0.29, 0.717) is 12.2 Å². The van der Waals surface area contributed by atoms with Gasteiger partial charge >= 0.3 is 0 Å². The van der Waals surface area contributed by atoms with Crippen molar-refractivity contribution in [2.24, 2.45) is 7.05 Å². The van der Waals surface area contributed by atoms with Gasteiger partial charge in [-0.25, -0.2) is 5.43 Å². The highest BCUT2D eigenvalue weighted by atomic mass is 16.1. The van der Waals surface area contributed by atoms with Crippen molar-refractivity contribution in [3.05, 3.63) is 76.0 Å². The minimum atomic E-state index is -0.121. The van der Waals surface area contributed by atoms with Crippen molar-refractivity contribution in [2.75, 3.05) is 5.01 Å². The lowest BCUT2D eigenvalue weighted by molar-refractivity contribution is -0.109. The fraction of sp³-hybridized carbons (Fsp3) is 0.176. The molecule has 1 amide bonds. The van der Waals surface area contributed by atoms with E-state index in [9.17, 15) is 9.59 Å². The predicted molar refractivity (Wildman–Crippen MR) is 88.4 cm³/mol. The molecule has 1 unspecified atom stereocenters. The van der Waals surface area contributed by atoms with Gasteiger partial charge in [-0.2, -0.15) is 0 Å². The Morgan fingerprint density at radius 2 is 1.91 bits per heavy atom. The highest BCUT2D eigenvalue weighted by Crippen LogP contribution is 2.32. The summed E-state index contributed by atoms with van der Waals surface area (Å²) >= 11 is 0. The fourth-order valence-corrected chi connectivity index (χ4v) is 2.73. The molecule has 0 radical (unpaired) electrons. The van der Waals surface area contributed by atoms with Crippen LogP contribution in [0.4, 0.5) is 5.69 Å². The van der Waals surface area contributed by atoms with Crippen LogP contribution in [0.3, 0.4) is 0 Å². The van der Waals surface area contributed by atoms with Gasteiger partial charge in [0.25, 0.3) is 0 Å². The number of rotatable bonds is 4. The number of hydrogen-bond acceptors (Lipinski definition) is 4. The van der Waals surface area contributed by atoms with E-state index in [0.717, 1.165) is 16.8 Å². The Labute approximate surface area is 134 Å². The van der Waals surface area contributed by atoms with Gasteiger partial charge in [0.15, 0.2) is 0 Å². The van der Waals surface area contributed by atoms with Gasteiger partial charge in [-0.1, -0.05) is 24.3 Å². The molecule has 118 valence electrons. The number of amides is 1. The van der Waals surface area contributed by atoms with Crippen molar-refractivity contribution in [3.63, 3.8) is 0 Å². The summed E-state index contributed by atoms with van der Waals surface area (Å²) in [6, 6.07) is 12.9. The van der Waals surface area contributed by atoms with Crippen molar-refractivity contribution in [2.45, 2.75) is 13.0 Å². The SMILES string of the molecule is CC1=C(NC=O)N(c2ccccc2)NC1c1ccc(=O)n(C)c1. The monoisotopic (exact) mass is 310 g/mol. The maximum atomic E-state index is 11.6. The van der Waals surface area contributed by atoms with Crippen LogP contribution in [0.25, 0.3) is 0 Å². The summed E-state index contributed by atoms with van der Waals surface area (Å²) in [5, 5.41) is 4.61. The number of aryl methyl sites for hydroxylation is 1. The minimum absolute atomic E-state index is 0.0560. The molecule has 3 rings (SSSR count). The lowest BCUT2D eigenvalue weighted by Crippen LogP contribution is -2.37. The molecule has 1 aliphatic rings. The maximum absolute atomic E-state index is 11.6. The van der Waals surface area contributed by atoms with E-state index < -0.39 is 0 Å². The predicted octanol–water partition coefficient (Wildman–Crippen LogP) is 1.43. The Morgan fingerprint density at radius 3 is 2.57 bits per heavy atom. The fourth-order valence-electron chi connectivity index (χ4n) is 2.73. The van der Waals surface area contributed by atoms with Crippen molar-refractivity contribution in [1.82, 2.24) is 15.3 Å². The van der Waals surface area contributed by atoms with Crippen LogP contribution in [-0.4, -0.2) is 11.0 Å². The normalized spacial score (nSPS) is 17.5. The molecule has 6 nitrogen and oxygen atoms in total. The molecule has 2 heterocycles. The third kappa shape index (κ3) is 2.76. The zero-order chi connectivity index (χ0) is 16.4. The number of benzene rings is 1. The molecule has 0 fully saturated rings. The van der Waals surface area contributed by atoms with Crippen LogP contribution >= 0.6 is 0 Å². The summed E-state index contributed by atoms with van der Waals surface area (Å²) < 4.78 is 1.54. The summed E-state index contributed by atoms with van der Waals surface area (Å²) in [6.45, 7) is 1.96. The Hall–Kier alpha value is -2.86. The summed E-state index contributed by atoms with van der Waals surface area (Å²) in [7, 11) is 1.72. The number of aromatic nitrogens is 1. The van der Waals surface area contributed by atoms with E-state index in [1.54, 1.807) is 29.9 Å². The van der Waals surface area contributed by atoms with E-state index in [1.165, 1.54) is 0 Å². The first kappa shape index (κ1) is 15.1. The average Bonchev–Trinajstić information content (AvgIpc) is 2.89. The molecule has 2 N–H and O–H groups in total. The lowest BCUT2D eigenvalue weighted by Gasteiger charge is -2.23. The number of nitrogens with zero attached hydrogens (tertiary/aromatic N) is 2. The summed E-state index contributed by atoms with van der Waals surface area (Å²) in [5.41, 5.74) is 6.17. The number of pyridine rings is 1. The standard InChI is InChI=1S/C17H18N4O2/c1-12-16(13-8-9-15(23)20(2)10-13)19-21(17(12)18-11-22)14-6-4-3-5-7-14/h3-11,16,19H,1-2H3,(H,18,22). The Kier molecular flexibility index (Phi) is 3.99. The van der Waals surface area contributed by atoms with E-state index in [-0.39, 0.29) is 11.6 Å². The number of nitrogens with one attached hydrogen (secondary N) is 2. The van der Waals surface area contributed by atoms with Crippen LogP contribution in [0.15, 0.2) is 64.9 Å². The van der Waals surface area contributed by atoms with E-state index >= 15 is 0 Å². The first-order chi connectivity index (χ1) is 11.1. The molecule has 1 aromatic heterocycles. The van der Waals surface area contributed by atoms with Gasteiger partial charge in [-0.3, -0.25) is 14.6 Å². The van der Waals surface area contributed by atoms with Crippen LogP contribution < -0.4 is 21.3 Å². The number of hydrogen-bond donors (Lipinski definition) is 2. The van der Waals surface area contributed by atoms with E-state index in [4.69, 9.17) is 0 Å². The Morgan fingerprint density at radius 1 is 1.17 bits per heavy atom. The van der Waals surface area contributed by atoms with Crippen molar-refractivity contribution >= 4 is 12.1 Å². The number of hydrazine groups is 1. The zero-order valence-electron chi connectivity index (χ0n) is 13.0. The molecule has 6 heteroatoms. The van der Waals surface area contributed by atoms with Crippen molar-refractivity contribution < 1.29 is 4.79 Å². The smallest absolute Gasteiger partial charge is 0.250 e. The first-order valence-electron chi connectivity index (χ1n) is 7.30. The maximum Gasteiger partial charge on any atom is 0.250 e. The van der Waals surface area contributed by atoms with E-state index in [1.807, 2.05) is 42.3 Å². The number of para-hydroxylation sites is 1. The van der Waals surface area contributed by atoms with Crippen molar-refractivity contribution in [1.29, 1.82) is 0 Å². The number of carbonyl (C=O) groups excluding carboxylic acids is 1. The molecule has 23 heavy (non-hydrogen) atoms. The van der Waals surface area contributed by atoms with Crippen LogP contribution in [0.2, 0.25) is 0 Å². The van der Waals surface area contributed by atoms with E-state index in [2.05, 4.69) is 10.7 Å². The van der Waals surface area contributed by atoms with Gasteiger partial charge in [0.05, 0.1) is 11.7 Å². The number of carbonyl (C=O) groups is 1. The molecule has 0 aliphatic carbocycles. The van der Waals surface area contributed by atoms with Gasteiger partial charge in [0.1, 0.15) is 5.82 Å². The Balaban J connectivity index is 2.02. The molecule has 0 bridgehead atoms. The third-order valence-corrected chi connectivity index (χ3v) is 3.94. The summed E-state index contributed by atoms with van der Waals surface area (Å²) in [6.07, 6.45) is 2.47. The quantitative estimate of drug-likeness (QED) is 0.839. The summed E-state index contributed by atoms with van der Waals surface area (Å²) in [4.78, 5) is 22.6. The zero-order valence-corrected chi connectivity index (χ0v) is 13.0. The third-order valence-electron chi connectivity index (χ3n) is 3.94. The molecular weight excluding hydrogens is 292 g/mol. The second-order valence-electron chi connectivity index (χ2n) is 5.44. The average molecular weight is 310 g/mol. The molecule has 1 aromatic carbocycles.